The van der Waals surface area contributed by atoms with Gasteiger partial charge in [-0.2, -0.15) is 0 Å². The van der Waals surface area contributed by atoms with Crippen LogP contribution >= 0.6 is 11.5 Å². The van der Waals surface area contributed by atoms with Crippen LogP contribution in [-0.2, 0) is 17.4 Å². The van der Waals surface area contributed by atoms with Crippen molar-refractivity contribution in [3.8, 4) is 0 Å². The summed E-state index contributed by atoms with van der Waals surface area (Å²) in [4.78, 5) is 4.50. The summed E-state index contributed by atoms with van der Waals surface area (Å²) in [7, 11) is 0. The zero-order chi connectivity index (χ0) is 13.4. The summed E-state index contributed by atoms with van der Waals surface area (Å²) in [5, 5.41) is 2.13. The molecule has 0 amide bonds. The number of nitrogens with zero attached hydrogens (tertiary/aromatic N) is 3. The lowest BCUT2D eigenvalue weighted by atomic mass is 9.87. The first-order valence-electron chi connectivity index (χ1n) is 6.21. The van der Waals surface area contributed by atoms with Crippen molar-refractivity contribution in [1.29, 1.82) is 0 Å². The Morgan fingerprint density at radius 1 is 1.22 bits per heavy atom. The summed E-state index contributed by atoms with van der Waals surface area (Å²) < 4.78 is 6.37. The molecule has 0 aliphatic carbocycles. The highest BCUT2D eigenvalue weighted by Gasteiger charge is 2.23. The molecule has 2 heterocycles. The van der Waals surface area contributed by atoms with Crippen LogP contribution in [0.4, 0.5) is 0 Å². The van der Waals surface area contributed by atoms with E-state index < -0.39 is 0 Å². The van der Waals surface area contributed by atoms with Gasteiger partial charge in [-0.05, 0) is 17.1 Å². The zero-order valence-corrected chi connectivity index (χ0v) is 12.6. The van der Waals surface area contributed by atoms with E-state index in [1.165, 1.54) is 17.1 Å². The molecule has 2 rings (SSSR count). The van der Waals surface area contributed by atoms with Crippen LogP contribution in [0.3, 0.4) is 0 Å². The molecule has 0 radical (unpaired) electrons. The van der Waals surface area contributed by atoms with Gasteiger partial charge in [0, 0.05) is 35.1 Å². The summed E-state index contributed by atoms with van der Waals surface area (Å²) in [5.74, 6) is 0. The first kappa shape index (κ1) is 13.3. The predicted molar refractivity (Wildman–Crippen MR) is 76.1 cm³/mol. The van der Waals surface area contributed by atoms with Gasteiger partial charge in [-0.1, -0.05) is 34.6 Å². The van der Waals surface area contributed by atoms with Gasteiger partial charge in [0.1, 0.15) is 0 Å². The van der Waals surface area contributed by atoms with E-state index in [1.807, 2.05) is 12.5 Å². The quantitative estimate of drug-likeness (QED) is 0.847. The molecule has 2 aromatic rings. The molecule has 0 bridgehead atoms. The zero-order valence-electron chi connectivity index (χ0n) is 11.8. The Morgan fingerprint density at radius 2 is 1.94 bits per heavy atom. The minimum Gasteiger partial charge on any atom is -0.336 e. The third-order valence-electron chi connectivity index (χ3n) is 3.19. The molecule has 0 spiro atoms. The fraction of sp³-hybridized carbons (Fsp3) is 0.571. The van der Waals surface area contributed by atoms with E-state index in [9.17, 15) is 0 Å². The number of hydrogen-bond donors (Lipinski definition) is 0. The molecule has 0 fully saturated rings. The van der Waals surface area contributed by atoms with Crippen molar-refractivity contribution in [1.82, 2.24) is 13.9 Å². The molecule has 0 saturated carbocycles. The van der Waals surface area contributed by atoms with Gasteiger partial charge in [0.25, 0.3) is 0 Å². The maximum atomic E-state index is 4.50. The van der Waals surface area contributed by atoms with Gasteiger partial charge in [-0.3, -0.25) is 0 Å². The lowest BCUT2D eigenvalue weighted by Crippen LogP contribution is -2.23. The van der Waals surface area contributed by atoms with Gasteiger partial charge in [0.2, 0.25) is 0 Å². The average Bonchev–Trinajstić information content (AvgIpc) is 2.83. The van der Waals surface area contributed by atoms with Gasteiger partial charge < -0.3 is 4.57 Å². The topological polar surface area (TPSA) is 30.7 Å². The average molecular weight is 263 g/mol. The second-order valence-electron chi connectivity index (χ2n) is 6.48. The lowest BCUT2D eigenvalue weighted by Gasteiger charge is -2.23. The summed E-state index contributed by atoms with van der Waals surface area (Å²) in [5.41, 5.74) is 2.63. The minimum atomic E-state index is 0.0862. The van der Waals surface area contributed by atoms with Crippen LogP contribution in [0.15, 0.2) is 24.1 Å². The first-order valence-corrected chi connectivity index (χ1v) is 7.05. The first-order chi connectivity index (χ1) is 8.29. The van der Waals surface area contributed by atoms with Crippen molar-refractivity contribution in [3.63, 3.8) is 0 Å². The monoisotopic (exact) mass is 263 g/mol. The molecule has 98 valence electrons. The van der Waals surface area contributed by atoms with Crippen LogP contribution in [0.1, 0.15) is 45.9 Å². The van der Waals surface area contributed by atoms with E-state index in [1.54, 1.807) is 0 Å². The summed E-state index contributed by atoms with van der Waals surface area (Å²) >= 11 is 1.51. The summed E-state index contributed by atoms with van der Waals surface area (Å²) in [6, 6.07) is 0. The Kier molecular flexibility index (Phi) is 3.32. The van der Waals surface area contributed by atoms with Crippen molar-refractivity contribution in [2.45, 2.75) is 52.0 Å². The van der Waals surface area contributed by atoms with Crippen LogP contribution < -0.4 is 0 Å². The Hall–Kier alpha value is -1.16. The fourth-order valence-electron chi connectivity index (χ4n) is 1.92. The predicted octanol–water partition coefficient (Wildman–Crippen LogP) is 3.61. The number of imidazole rings is 1. The summed E-state index contributed by atoms with van der Waals surface area (Å²) in [6.07, 6.45) is 6.05. The molecule has 0 aromatic carbocycles. The van der Waals surface area contributed by atoms with E-state index in [4.69, 9.17) is 0 Å². The number of aromatic nitrogens is 3. The highest BCUT2D eigenvalue weighted by atomic mass is 32.1. The Morgan fingerprint density at radius 3 is 2.44 bits per heavy atom. The SMILES string of the molecule is CC(C)(C)c1cn(CC(C)(C)c2cnsc2)cn1. The Labute approximate surface area is 113 Å². The van der Waals surface area contributed by atoms with Gasteiger partial charge in [0.05, 0.1) is 12.0 Å². The Balaban J connectivity index is 2.17. The minimum absolute atomic E-state index is 0.0862. The molecule has 2 aromatic heterocycles. The largest absolute Gasteiger partial charge is 0.336 e. The third kappa shape index (κ3) is 2.80. The normalized spacial score (nSPS) is 12.9. The molecular weight excluding hydrogens is 242 g/mol. The molecule has 0 N–H and O–H groups in total. The fourth-order valence-corrected chi connectivity index (χ4v) is 2.65. The van der Waals surface area contributed by atoms with E-state index >= 15 is 0 Å². The number of hydrogen-bond acceptors (Lipinski definition) is 3. The third-order valence-corrected chi connectivity index (χ3v) is 3.78. The molecule has 3 nitrogen and oxygen atoms in total. The van der Waals surface area contributed by atoms with Crippen LogP contribution in [0.5, 0.6) is 0 Å². The van der Waals surface area contributed by atoms with Gasteiger partial charge in [-0.15, -0.1) is 0 Å². The molecule has 4 heteroatoms. The molecule has 0 unspecified atom stereocenters. The van der Waals surface area contributed by atoms with Crippen LogP contribution in [0.25, 0.3) is 0 Å². The van der Waals surface area contributed by atoms with E-state index in [0.717, 1.165) is 12.2 Å². The van der Waals surface area contributed by atoms with Crippen LogP contribution in [0.2, 0.25) is 0 Å². The van der Waals surface area contributed by atoms with Gasteiger partial charge in [0.15, 0.2) is 0 Å². The highest BCUT2D eigenvalue weighted by Crippen LogP contribution is 2.27. The molecule has 0 saturated heterocycles. The second kappa shape index (κ2) is 4.50. The smallest absolute Gasteiger partial charge is 0.0949 e. The lowest BCUT2D eigenvalue weighted by molar-refractivity contribution is 0.434. The van der Waals surface area contributed by atoms with Gasteiger partial charge in [-0.25, -0.2) is 9.36 Å². The van der Waals surface area contributed by atoms with Crippen molar-refractivity contribution in [2.24, 2.45) is 0 Å². The summed E-state index contributed by atoms with van der Waals surface area (Å²) in [6.45, 7) is 12.0. The van der Waals surface area contributed by atoms with Crippen molar-refractivity contribution in [2.75, 3.05) is 0 Å². The molecular formula is C14H21N3S. The second-order valence-corrected chi connectivity index (χ2v) is 7.14. The standard InChI is InChI=1S/C14H21N3S/c1-13(2,3)12-7-17(10-15-12)9-14(4,5)11-6-16-18-8-11/h6-8,10H,9H2,1-5H3. The maximum Gasteiger partial charge on any atom is 0.0949 e. The van der Waals surface area contributed by atoms with E-state index in [2.05, 4.69) is 60.1 Å². The van der Waals surface area contributed by atoms with Crippen LogP contribution in [-0.4, -0.2) is 13.9 Å². The maximum absolute atomic E-state index is 4.50. The Bertz CT molecular complexity index is 503. The van der Waals surface area contributed by atoms with Crippen LogP contribution in [0, 0.1) is 0 Å². The van der Waals surface area contributed by atoms with Crippen molar-refractivity contribution >= 4 is 11.5 Å². The molecule has 0 aliphatic rings. The number of rotatable bonds is 3. The van der Waals surface area contributed by atoms with Gasteiger partial charge >= 0.3 is 0 Å². The van der Waals surface area contributed by atoms with Crippen molar-refractivity contribution < 1.29 is 0 Å². The molecule has 0 atom stereocenters. The van der Waals surface area contributed by atoms with Crippen molar-refractivity contribution in [3.05, 3.63) is 35.4 Å². The molecule has 18 heavy (non-hydrogen) atoms. The van der Waals surface area contributed by atoms with E-state index in [0.29, 0.717) is 0 Å². The molecule has 0 aliphatic heterocycles. The van der Waals surface area contributed by atoms with E-state index in [-0.39, 0.29) is 10.8 Å². The highest BCUT2D eigenvalue weighted by molar-refractivity contribution is 7.03.